The van der Waals surface area contributed by atoms with Crippen molar-refractivity contribution in [3.8, 4) is 6.07 Å². The second-order valence-corrected chi connectivity index (χ2v) is 15.5. The Morgan fingerprint density at radius 1 is 1.09 bits per heavy atom. The van der Waals surface area contributed by atoms with Crippen molar-refractivity contribution in [1.29, 1.82) is 5.26 Å². The Hall–Kier alpha value is -2.55. The lowest BCUT2D eigenvalue weighted by molar-refractivity contribution is -0.103. The fourth-order valence-corrected chi connectivity index (χ4v) is 8.23. The number of allylic oxidation sites excluding steroid dienone is 4. The SMILES string of the molecule is CC.CCCc1nc(CC2=CCCC=C2)sc1C1CCC(CC)CC1.Cc1cccc(C2CCN(C(C)C(C)(C)C)C2)c1.N#CC=O. The first-order valence-electron chi connectivity index (χ1n) is 18.6. The molecule has 2 heterocycles. The van der Waals surface area contributed by atoms with Gasteiger partial charge in [-0.3, -0.25) is 9.69 Å². The summed E-state index contributed by atoms with van der Waals surface area (Å²) in [6.07, 6.45) is 21.3. The van der Waals surface area contributed by atoms with E-state index in [1.807, 2.05) is 25.2 Å². The molecule has 1 aromatic heterocycles. The molecule has 2 atom stereocenters. The molecule has 47 heavy (non-hydrogen) atoms. The van der Waals surface area contributed by atoms with Gasteiger partial charge in [0, 0.05) is 23.9 Å². The quantitative estimate of drug-likeness (QED) is 0.209. The number of likely N-dealkylation sites (tertiary alicyclic amines) is 1. The van der Waals surface area contributed by atoms with Gasteiger partial charge in [0.05, 0.1) is 10.7 Å². The molecule has 2 aromatic rings. The molecule has 0 N–H and O–H groups in total. The first-order valence-corrected chi connectivity index (χ1v) is 19.4. The lowest BCUT2D eigenvalue weighted by Crippen LogP contribution is -2.40. The zero-order valence-corrected chi connectivity index (χ0v) is 32.1. The number of carbonyl (C=O) groups is 1. The molecule has 0 bridgehead atoms. The van der Waals surface area contributed by atoms with Crippen LogP contribution in [0.2, 0.25) is 0 Å². The number of rotatable bonds is 8. The second-order valence-electron chi connectivity index (χ2n) is 14.4. The Morgan fingerprint density at radius 2 is 1.79 bits per heavy atom. The summed E-state index contributed by atoms with van der Waals surface area (Å²) in [5.41, 5.74) is 6.18. The van der Waals surface area contributed by atoms with E-state index in [1.54, 1.807) is 4.88 Å². The largest absolute Gasteiger partial charge is 0.300 e. The number of hydrogen-bond donors (Lipinski definition) is 0. The van der Waals surface area contributed by atoms with Gasteiger partial charge < -0.3 is 0 Å². The number of aryl methyl sites for hydroxylation is 2. The maximum Gasteiger partial charge on any atom is 0.219 e. The van der Waals surface area contributed by atoms with Gasteiger partial charge >= 0.3 is 0 Å². The summed E-state index contributed by atoms with van der Waals surface area (Å²) in [7, 11) is 0. The maximum atomic E-state index is 8.81. The fourth-order valence-electron chi connectivity index (χ4n) is 6.91. The number of nitriles is 1. The normalized spacial score (nSPS) is 21.4. The van der Waals surface area contributed by atoms with Gasteiger partial charge in [0.25, 0.3) is 0 Å². The molecule has 4 nitrogen and oxygen atoms in total. The molecule has 1 aliphatic heterocycles. The molecule has 1 saturated carbocycles. The van der Waals surface area contributed by atoms with E-state index in [0.717, 1.165) is 30.6 Å². The summed E-state index contributed by atoms with van der Waals surface area (Å²) in [5, 5.41) is 8.60. The third-order valence-corrected chi connectivity index (χ3v) is 11.3. The monoisotopic (exact) mass is 659 g/mol. The van der Waals surface area contributed by atoms with Crippen molar-refractivity contribution < 1.29 is 4.79 Å². The average molecular weight is 660 g/mol. The van der Waals surface area contributed by atoms with E-state index >= 15 is 0 Å². The summed E-state index contributed by atoms with van der Waals surface area (Å²) in [6, 6.07) is 10.9. The molecule has 2 unspecified atom stereocenters. The van der Waals surface area contributed by atoms with Crippen LogP contribution in [0.15, 0.2) is 48.1 Å². The summed E-state index contributed by atoms with van der Waals surface area (Å²) in [6.45, 7) is 22.7. The number of aromatic nitrogens is 1. The van der Waals surface area contributed by atoms with Gasteiger partial charge in [-0.15, -0.1) is 11.3 Å². The number of aldehydes is 1. The van der Waals surface area contributed by atoms with Crippen molar-refractivity contribution in [2.75, 3.05) is 13.1 Å². The van der Waals surface area contributed by atoms with Crippen molar-refractivity contribution in [1.82, 2.24) is 9.88 Å². The van der Waals surface area contributed by atoms with Crippen molar-refractivity contribution in [3.63, 3.8) is 0 Å². The van der Waals surface area contributed by atoms with Crippen LogP contribution in [-0.2, 0) is 17.6 Å². The predicted molar refractivity (Wildman–Crippen MR) is 203 cm³/mol. The molecular formula is C42H65N3OS. The molecule has 0 radical (unpaired) electrons. The summed E-state index contributed by atoms with van der Waals surface area (Å²) in [4.78, 5) is 18.2. The van der Waals surface area contributed by atoms with E-state index < -0.39 is 0 Å². The third kappa shape index (κ3) is 13.5. The molecule has 2 fully saturated rings. The Labute approximate surface area is 292 Å². The Bertz CT molecular complexity index is 1290. The van der Waals surface area contributed by atoms with E-state index in [9.17, 15) is 0 Å². The van der Waals surface area contributed by atoms with Gasteiger partial charge in [-0.1, -0.05) is 109 Å². The highest BCUT2D eigenvalue weighted by atomic mass is 32.1. The minimum absolute atomic E-state index is 0.181. The first kappa shape index (κ1) is 40.6. The van der Waals surface area contributed by atoms with Crippen LogP contribution in [0.4, 0.5) is 0 Å². The molecule has 3 aliphatic rings. The lowest BCUT2D eigenvalue weighted by atomic mass is 9.80. The minimum atomic E-state index is 0.181. The molecular weight excluding hydrogens is 595 g/mol. The standard InChI is InChI=1S/C21H31NS.C17H27N.C2HNO.C2H6/c1-3-8-19-21(18-13-11-16(4-2)12-14-18)23-20(22-19)15-17-9-6-5-7-10-17;1-13-7-6-8-15(11-13)16-9-10-18(12-16)14(2)17(3,4)5;3-1-2-4;1-2/h6,9-10,16,18H,3-5,7-8,11-15H2,1-2H3;6-8,11,14,16H,9-10,12H2,1-5H3;2H;1-2H3. The fraction of sp³-hybridized carbons (Fsp3) is 0.643. The lowest BCUT2D eigenvalue weighted by Gasteiger charge is -2.35. The predicted octanol–water partition coefficient (Wildman–Crippen LogP) is 11.6. The Morgan fingerprint density at radius 3 is 2.34 bits per heavy atom. The van der Waals surface area contributed by atoms with Crippen molar-refractivity contribution in [2.24, 2.45) is 11.3 Å². The smallest absolute Gasteiger partial charge is 0.219 e. The summed E-state index contributed by atoms with van der Waals surface area (Å²) < 4.78 is 0. The second kappa shape index (κ2) is 21.4. The minimum Gasteiger partial charge on any atom is -0.300 e. The highest BCUT2D eigenvalue weighted by molar-refractivity contribution is 7.11. The maximum absolute atomic E-state index is 8.81. The van der Waals surface area contributed by atoms with Crippen LogP contribution >= 0.6 is 11.3 Å². The van der Waals surface area contributed by atoms with E-state index in [0.29, 0.717) is 11.5 Å². The Kier molecular flexibility index (Phi) is 18.5. The number of nitrogens with zero attached hydrogens (tertiary/aromatic N) is 3. The van der Waals surface area contributed by atoms with Crippen LogP contribution in [0.1, 0.15) is 152 Å². The van der Waals surface area contributed by atoms with E-state index in [1.165, 1.54) is 104 Å². The number of thiazole rings is 1. The van der Waals surface area contributed by atoms with Gasteiger partial charge in [-0.05, 0) is 106 Å². The molecule has 2 aliphatic carbocycles. The number of hydrogen-bond acceptors (Lipinski definition) is 5. The number of benzene rings is 1. The molecule has 0 amide bonds. The van der Waals surface area contributed by atoms with E-state index in [4.69, 9.17) is 15.0 Å². The molecule has 1 aromatic carbocycles. The molecule has 5 heteroatoms. The molecule has 5 rings (SSSR count). The molecule has 260 valence electrons. The van der Waals surface area contributed by atoms with Crippen LogP contribution in [0, 0.1) is 29.6 Å². The number of carbonyl (C=O) groups excluding carboxylic acids is 1. The van der Waals surface area contributed by atoms with Gasteiger partial charge in [0.15, 0.2) is 0 Å². The van der Waals surface area contributed by atoms with Crippen LogP contribution < -0.4 is 0 Å². The zero-order chi connectivity index (χ0) is 34.8. The van der Waals surface area contributed by atoms with Gasteiger partial charge in [0.1, 0.15) is 6.07 Å². The molecule has 1 saturated heterocycles. The van der Waals surface area contributed by atoms with Crippen LogP contribution in [0.5, 0.6) is 0 Å². The average Bonchev–Trinajstić information content (AvgIpc) is 3.74. The van der Waals surface area contributed by atoms with Gasteiger partial charge in [0.2, 0.25) is 6.29 Å². The summed E-state index contributed by atoms with van der Waals surface area (Å²) >= 11 is 2.02. The van der Waals surface area contributed by atoms with Crippen molar-refractivity contribution >= 4 is 17.6 Å². The Balaban J connectivity index is 0.000000286. The van der Waals surface area contributed by atoms with Gasteiger partial charge in [-0.25, -0.2) is 4.98 Å². The van der Waals surface area contributed by atoms with Crippen molar-refractivity contribution in [3.05, 3.63) is 74.8 Å². The first-order chi connectivity index (χ1) is 22.6. The molecule has 0 spiro atoms. The topological polar surface area (TPSA) is 57.0 Å². The highest BCUT2D eigenvalue weighted by Gasteiger charge is 2.32. The van der Waals surface area contributed by atoms with Crippen LogP contribution in [0.3, 0.4) is 0 Å². The van der Waals surface area contributed by atoms with E-state index in [-0.39, 0.29) is 6.29 Å². The third-order valence-electron chi connectivity index (χ3n) is 10.1. The van der Waals surface area contributed by atoms with E-state index in [2.05, 4.69) is 95.9 Å². The van der Waals surface area contributed by atoms with Crippen LogP contribution in [-0.4, -0.2) is 35.3 Å². The van der Waals surface area contributed by atoms with Crippen LogP contribution in [0.25, 0.3) is 0 Å². The summed E-state index contributed by atoms with van der Waals surface area (Å²) in [5.74, 6) is 2.50. The highest BCUT2D eigenvalue weighted by Crippen LogP contribution is 2.41. The van der Waals surface area contributed by atoms with Gasteiger partial charge in [-0.2, -0.15) is 5.26 Å². The van der Waals surface area contributed by atoms with Crippen molar-refractivity contribution in [2.45, 2.75) is 151 Å². The zero-order valence-electron chi connectivity index (χ0n) is 31.3.